The van der Waals surface area contributed by atoms with Gasteiger partial charge in [0.25, 0.3) is 0 Å². The Hall–Kier alpha value is -1.51. The summed E-state index contributed by atoms with van der Waals surface area (Å²) in [5.74, 6) is 0.954. The Kier molecular flexibility index (Phi) is 3.09. The molecule has 0 aliphatic rings. The van der Waals surface area contributed by atoms with Gasteiger partial charge in [-0.1, -0.05) is 32.9 Å². The van der Waals surface area contributed by atoms with Crippen LogP contribution in [-0.2, 0) is 7.05 Å². The van der Waals surface area contributed by atoms with E-state index in [1.54, 1.807) is 0 Å². The van der Waals surface area contributed by atoms with Crippen molar-refractivity contribution in [1.29, 1.82) is 0 Å². The fourth-order valence-corrected chi connectivity index (χ4v) is 1.85. The number of aryl methyl sites for hydroxylation is 1. The van der Waals surface area contributed by atoms with Crippen LogP contribution in [0.1, 0.15) is 27.2 Å². The largest absolute Gasteiger partial charge is 0.356 e. The molecule has 3 nitrogen and oxygen atoms in total. The lowest BCUT2D eigenvalue weighted by Gasteiger charge is -2.18. The standard InChI is InChI=1S/C14H21N3/c1-14(2,3)9-10-15-13-16-11-7-5-6-8-12(11)17(13)4/h5-8H,9-10H2,1-4H3,(H,15,16). The highest BCUT2D eigenvalue weighted by Gasteiger charge is 2.11. The summed E-state index contributed by atoms with van der Waals surface area (Å²) >= 11 is 0. The fraction of sp³-hybridized carbons (Fsp3) is 0.500. The van der Waals surface area contributed by atoms with E-state index in [2.05, 4.69) is 48.8 Å². The minimum Gasteiger partial charge on any atom is -0.356 e. The lowest BCUT2D eigenvalue weighted by molar-refractivity contribution is 0.389. The van der Waals surface area contributed by atoms with Gasteiger partial charge in [0.2, 0.25) is 5.95 Å². The maximum Gasteiger partial charge on any atom is 0.203 e. The van der Waals surface area contributed by atoms with Gasteiger partial charge in [-0.3, -0.25) is 0 Å². The summed E-state index contributed by atoms with van der Waals surface area (Å²) in [5, 5.41) is 3.41. The molecule has 0 radical (unpaired) electrons. The lowest BCUT2D eigenvalue weighted by Crippen LogP contribution is -2.14. The molecule has 0 atom stereocenters. The van der Waals surface area contributed by atoms with Gasteiger partial charge in [-0.05, 0) is 24.0 Å². The van der Waals surface area contributed by atoms with E-state index in [4.69, 9.17) is 0 Å². The average molecular weight is 231 g/mol. The van der Waals surface area contributed by atoms with Gasteiger partial charge in [0, 0.05) is 13.6 Å². The number of para-hydroxylation sites is 2. The van der Waals surface area contributed by atoms with Crippen LogP contribution >= 0.6 is 0 Å². The first kappa shape index (κ1) is 12.0. The SMILES string of the molecule is Cn1c(NCCC(C)(C)C)nc2ccccc21. The van der Waals surface area contributed by atoms with E-state index >= 15 is 0 Å². The van der Waals surface area contributed by atoms with Crippen LogP contribution in [-0.4, -0.2) is 16.1 Å². The first-order chi connectivity index (χ1) is 7.97. The van der Waals surface area contributed by atoms with Crippen molar-refractivity contribution < 1.29 is 0 Å². The van der Waals surface area contributed by atoms with Crippen LogP contribution < -0.4 is 5.32 Å². The molecule has 0 unspecified atom stereocenters. The van der Waals surface area contributed by atoms with E-state index in [0.717, 1.165) is 24.4 Å². The van der Waals surface area contributed by atoms with Crippen LogP contribution in [0.5, 0.6) is 0 Å². The predicted molar refractivity (Wildman–Crippen MR) is 73.3 cm³/mol. The quantitative estimate of drug-likeness (QED) is 0.877. The zero-order valence-corrected chi connectivity index (χ0v) is 11.1. The summed E-state index contributed by atoms with van der Waals surface area (Å²) < 4.78 is 2.11. The van der Waals surface area contributed by atoms with Gasteiger partial charge in [0.05, 0.1) is 11.0 Å². The molecular weight excluding hydrogens is 210 g/mol. The van der Waals surface area contributed by atoms with Crippen LogP contribution in [0.2, 0.25) is 0 Å². The summed E-state index contributed by atoms with van der Waals surface area (Å²) in [6, 6.07) is 8.21. The summed E-state index contributed by atoms with van der Waals surface area (Å²) in [4.78, 5) is 4.58. The van der Waals surface area contributed by atoms with E-state index in [1.165, 1.54) is 5.52 Å². The number of rotatable bonds is 3. The van der Waals surface area contributed by atoms with Gasteiger partial charge < -0.3 is 9.88 Å². The zero-order chi connectivity index (χ0) is 12.5. The Morgan fingerprint density at radius 2 is 1.94 bits per heavy atom. The number of hydrogen-bond acceptors (Lipinski definition) is 2. The molecule has 2 rings (SSSR count). The topological polar surface area (TPSA) is 29.9 Å². The zero-order valence-electron chi connectivity index (χ0n) is 11.1. The van der Waals surface area contributed by atoms with Gasteiger partial charge in [-0.15, -0.1) is 0 Å². The number of nitrogens with zero attached hydrogens (tertiary/aromatic N) is 2. The smallest absolute Gasteiger partial charge is 0.203 e. The minimum atomic E-state index is 0.359. The van der Waals surface area contributed by atoms with Crippen molar-refractivity contribution in [3.8, 4) is 0 Å². The van der Waals surface area contributed by atoms with Crippen molar-refractivity contribution in [3.63, 3.8) is 0 Å². The molecule has 0 bridgehead atoms. The van der Waals surface area contributed by atoms with Gasteiger partial charge in [-0.25, -0.2) is 4.98 Å². The predicted octanol–water partition coefficient (Wildman–Crippen LogP) is 3.42. The number of hydrogen-bond donors (Lipinski definition) is 1. The first-order valence-corrected chi connectivity index (χ1v) is 6.13. The van der Waals surface area contributed by atoms with Gasteiger partial charge in [0.15, 0.2) is 0 Å². The molecule has 0 amide bonds. The van der Waals surface area contributed by atoms with E-state index in [0.29, 0.717) is 5.41 Å². The van der Waals surface area contributed by atoms with Gasteiger partial charge in [-0.2, -0.15) is 0 Å². The molecular formula is C14H21N3. The monoisotopic (exact) mass is 231 g/mol. The number of anilines is 1. The molecule has 0 spiro atoms. The number of benzene rings is 1. The highest BCUT2D eigenvalue weighted by atomic mass is 15.2. The third-order valence-electron chi connectivity index (χ3n) is 2.95. The van der Waals surface area contributed by atoms with Crippen molar-refractivity contribution in [2.45, 2.75) is 27.2 Å². The summed E-state index contributed by atoms with van der Waals surface area (Å²) in [6.45, 7) is 7.72. The number of fused-ring (bicyclic) bond motifs is 1. The van der Waals surface area contributed by atoms with Crippen LogP contribution in [0.25, 0.3) is 11.0 Å². The summed E-state index contributed by atoms with van der Waals surface area (Å²) in [6.07, 6.45) is 1.14. The van der Waals surface area contributed by atoms with E-state index in [1.807, 2.05) is 18.2 Å². The van der Waals surface area contributed by atoms with Gasteiger partial charge >= 0.3 is 0 Å². The first-order valence-electron chi connectivity index (χ1n) is 6.13. The molecule has 0 saturated carbocycles. The molecule has 0 aliphatic carbocycles. The van der Waals surface area contributed by atoms with E-state index in [9.17, 15) is 0 Å². The molecule has 0 fully saturated rings. The highest BCUT2D eigenvalue weighted by Crippen LogP contribution is 2.20. The molecule has 0 saturated heterocycles. The number of imidazole rings is 1. The molecule has 92 valence electrons. The third-order valence-corrected chi connectivity index (χ3v) is 2.95. The normalized spacial score (nSPS) is 12.0. The number of aromatic nitrogens is 2. The summed E-state index contributed by atoms with van der Waals surface area (Å²) in [7, 11) is 2.05. The minimum absolute atomic E-state index is 0.359. The Bertz CT molecular complexity index is 506. The molecule has 0 aliphatic heterocycles. The highest BCUT2D eigenvalue weighted by molar-refractivity contribution is 5.78. The third kappa shape index (κ3) is 2.78. The van der Waals surface area contributed by atoms with Crippen LogP contribution in [0.3, 0.4) is 0 Å². The van der Waals surface area contributed by atoms with Crippen molar-refractivity contribution in [3.05, 3.63) is 24.3 Å². The van der Waals surface area contributed by atoms with Crippen LogP contribution in [0.4, 0.5) is 5.95 Å². The second kappa shape index (κ2) is 4.40. The number of nitrogens with one attached hydrogen (secondary N) is 1. The van der Waals surface area contributed by atoms with Crippen molar-refractivity contribution >= 4 is 17.0 Å². The Morgan fingerprint density at radius 1 is 1.24 bits per heavy atom. The summed E-state index contributed by atoms with van der Waals surface area (Å²) in [5.41, 5.74) is 2.58. The maximum atomic E-state index is 4.58. The van der Waals surface area contributed by atoms with E-state index < -0.39 is 0 Å². The molecule has 1 aromatic carbocycles. The van der Waals surface area contributed by atoms with E-state index in [-0.39, 0.29) is 0 Å². The van der Waals surface area contributed by atoms with Crippen LogP contribution in [0.15, 0.2) is 24.3 Å². The van der Waals surface area contributed by atoms with Crippen molar-refractivity contribution in [2.75, 3.05) is 11.9 Å². The second-order valence-electron chi connectivity index (χ2n) is 5.72. The molecule has 1 heterocycles. The fourth-order valence-electron chi connectivity index (χ4n) is 1.85. The molecule has 3 heteroatoms. The van der Waals surface area contributed by atoms with Crippen molar-refractivity contribution in [2.24, 2.45) is 12.5 Å². The van der Waals surface area contributed by atoms with Gasteiger partial charge in [0.1, 0.15) is 0 Å². The second-order valence-corrected chi connectivity index (χ2v) is 5.72. The Labute approximate surface area is 103 Å². The molecule has 2 aromatic rings. The molecule has 1 aromatic heterocycles. The Balaban J connectivity index is 2.11. The average Bonchev–Trinajstić information content (AvgIpc) is 2.55. The van der Waals surface area contributed by atoms with Crippen molar-refractivity contribution in [1.82, 2.24) is 9.55 Å². The lowest BCUT2D eigenvalue weighted by atomic mass is 9.92. The maximum absolute atomic E-state index is 4.58. The van der Waals surface area contributed by atoms with Crippen LogP contribution in [0, 0.1) is 5.41 Å². The molecule has 1 N–H and O–H groups in total. The Morgan fingerprint density at radius 3 is 2.59 bits per heavy atom. The molecule has 17 heavy (non-hydrogen) atoms.